The molecule has 1 saturated heterocycles. The Hall–Kier alpha value is -0.590. The standard InChI is InChI=1S/C12H23N3/c1-14(2)12-7-6-10-15(11-12)9-5-3-4-8-13/h12H,3-7,9-11H2,1-2H3. The summed E-state index contributed by atoms with van der Waals surface area (Å²) in [7, 11) is 4.34. The van der Waals surface area contributed by atoms with Crippen LogP contribution in [0.3, 0.4) is 0 Å². The zero-order chi connectivity index (χ0) is 11.1. The van der Waals surface area contributed by atoms with Crippen LogP contribution in [-0.2, 0) is 0 Å². The lowest BCUT2D eigenvalue weighted by Gasteiger charge is -2.36. The second-order valence-electron chi connectivity index (χ2n) is 4.68. The van der Waals surface area contributed by atoms with Gasteiger partial charge in [-0.25, -0.2) is 0 Å². The Labute approximate surface area is 93.7 Å². The van der Waals surface area contributed by atoms with Crippen molar-refractivity contribution in [3.8, 4) is 6.07 Å². The Morgan fingerprint density at radius 1 is 1.40 bits per heavy atom. The van der Waals surface area contributed by atoms with Gasteiger partial charge < -0.3 is 9.80 Å². The van der Waals surface area contributed by atoms with Gasteiger partial charge in [0.05, 0.1) is 6.07 Å². The van der Waals surface area contributed by atoms with E-state index in [9.17, 15) is 0 Å². The summed E-state index contributed by atoms with van der Waals surface area (Å²) >= 11 is 0. The van der Waals surface area contributed by atoms with Crippen molar-refractivity contribution < 1.29 is 0 Å². The van der Waals surface area contributed by atoms with E-state index in [4.69, 9.17) is 5.26 Å². The Balaban J connectivity index is 2.16. The maximum Gasteiger partial charge on any atom is 0.0621 e. The van der Waals surface area contributed by atoms with Crippen molar-refractivity contribution in [2.75, 3.05) is 33.7 Å². The van der Waals surface area contributed by atoms with Crippen LogP contribution in [0.15, 0.2) is 0 Å². The van der Waals surface area contributed by atoms with Crippen LogP contribution < -0.4 is 0 Å². The molecule has 0 bridgehead atoms. The Morgan fingerprint density at radius 2 is 2.20 bits per heavy atom. The van der Waals surface area contributed by atoms with Gasteiger partial charge in [-0.2, -0.15) is 5.26 Å². The highest BCUT2D eigenvalue weighted by Gasteiger charge is 2.20. The summed E-state index contributed by atoms with van der Waals surface area (Å²) in [4.78, 5) is 4.88. The Kier molecular flexibility index (Phi) is 5.67. The minimum Gasteiger partial charge on any atom is -0.305 e. The third-order valence-corrected chi connectivity index (χ3v) is 3.22. The van der Waals surface area contributed by atoms with E-state index >= 15 is 0 Å². The fourth-order valence-electron chi connectivity index (χ4n) is 2.20. The highest BCUT2D eigenvalue weighted by atomic mass is 15.2. The number of piperidine rings is 1. The minimum absolute atomic E-state index is 0.713. The van der Waals surface area contributed by atoms with Gasteiger partial charge in [-0.3, -0.25) is 0 Å². The first-order valence-electron chi connectivity index (χ1n) is 5.99. The van der Waals surface area contributed by atoms with E-state index in [0.717, 1.165) is 12.5 Å². The summed E-state index contributed by atoms with van der Waals surface area (Å²) in [5, 5.41) is 8.45. The molecule has 0 spiro atoms. The Morgan fingerprint density at radius 3 is 2.87 bits per heavy atom. The normalized spacial score (nSPS) is 22.9. The Bertz CT molecular complexity index is 207. The first-order chi connectivity index (χ1) is 7.24. The SMILES string of the molecule is CN(C)C1CCCN(CCCCC#N)C1. The van der Waals surface area contributed by atoms with Gasteiger partial charge in [0.15, 0.2) is 0 Å². The van der Waals surface area contributed by atoms with Crippen molar-refractivity contribution in [2.45, 2.75) is 38.1 Å². The fourth-order valence-corrected chi connectivity index (χ4v) is 2.20. The van der Waals surface area contributed by atoms with Crippen LogP contribution in [0, 0.1) is 11.3 Å². The van der Waals surface area contributed by atoms with Crippen LogP contribution in [0.5, 0.6) is 0 Å². The smallest absolute Gasteiger partial charge is 0.0621 e. The molecule has 1 rings (SSSR count). The number of unbranched alkanes of at least 4 members (excludes halogenated alkanes) is 2. The van der Waals surface area contributed by atoms with Gasteiger partial charge >= 0.3 is 0 Å². The highest BCUT2D eigenvalue weighted by Crippen LogP contribution is 2.14. The predicted molar refractivity (Wildman–Crippen MR) is 62.6 cm³/mol. The average Bonchev–Trinajstić information content (AvgIpc) is 2.25. The summed E-state index contributed by atoms with van der Waals surface area (Å²) in [6.07, 6.45) is 5.60. The molecule has 0 radical (unpaired) electrons. The third-order valence-electron chi connectivity index (χ3n) is 3.22. The van der Waals surface area contributed by atoms with E-state index in [1.54, 1.807) is 0 Å². The summed E-state index contributed by atoms with van der Waals surface area (Å²) < 4.78 is 0. The summed E-state index contributed by atoms with van der Waals surface area (Å²) in [5.74, 6) is 0. The molecule has 0 aromatic heterocycles. The molecular weight excluding hydrogens is 186 g/mol. The molecule has 1 fully saturated rings. The first kappa shape index (κ1) is 12.5. The molecule has 1 heterocycles. The van der Waals surface area contributed by atoms with Gasteiger partial charge in [0, 0.05) is 19.0 Å². The van der Waals surface area contributed by atoms with E-state index in [-0.39, 0.29) is 0 Å². The lowest BCUT2D eigenvalue weighted by atomic mass is 10.0. The van der Waals surface area contributed by atoms with Gasteiger partial charge in [-0.05, 0) is 52.9 Å². The fraction of sp³-hybridized carbons (Fsp3) is 0.917. The molecule has 0 amide bonds. The molecule has 0 aromatic carbocycles. The summed E-state index contributed by atoms with van der Waals surface area (Å²) in [6.45, 7) is 3.63. The van der Waals surface area contributed by atoms with Crippen molar-refractivity contribution >= 4 is 0 Å². The van der Waals surface area contributed by atoms with Gasteiger partial charge in [0.2, 0.25) is 0 Å². The zero-order valence-corrected chi connectivity index (χ0v) is 10.1. The first-order valence-corrected chi connectivity index (χ1v) is 5.99. The van der Waals surface area contributed by atoms with Crippen LogP contribution in [0.2, 0.25) is 0 Å². The lowest BCUT2D eigenvalue weighted by Crippen LogP contribution is -2.45. The predicted octanol–water partition coefficient (Wildman–Crippen LogP) is 1.71. The number of likely N-dealkylation sites (tertiary alicyclic amines) is 1. The van der Waals surface area contributed by atoms with E-state index < -0.39 is 0 Å². The van der Waals surface area contributed by atoms with Crippen LogP contribution >= 0.6 is 0 Å². The average molecular weight is 209 g/mol. The molecule has 1 aliphatic heterocycles. The molecule has 1 unspecified atom stereocenters. The molecule has 15 heavy (non-hydrogen) atoms. The number of rotatable bonds is 5. The van der Waals surface area contributed by atoms with E-state index in [1.165, 1.54) is 38.9 Å². The number of likely N-dealkylation sites (N-methyl/N-ethyl adjacent to an activating group) is 1. The van der Waals surface area contributed by atoms with E-state index in [1.807, 2.05) is 0 Å². The number of nitrogens with zero attached hydrogens (tertiary/aromatic N) is 3. The summed E-state index contributed by atoms with van der Waals surface area (Å²) in [6, 6.07) is 2.94. The van der Waals surface area contributed by atoms with Gasteiger partial charge in [0.25, 0.3) is 0 Å². The van der Waals surface area contributed by atoms with Gasteiger partial charge in [-0.1, -0.05) is 0 Å². The second-order valence-corrected chi connectivity index (χ2v) is 4.68. The van der Waals surface area contributed by atoms with Gasteiger partial charge in [-0.15, -0.1) is 0 Å². The van der Waals surface area contributed by atoms with E-state index in [0.29, 0.717) is 6.42 Å². The molecule has 1 atom stereocenters. The minimum atomic E-state index is 0.713. The molecule has 3 heteroatoms. The second kappa shape index (κ2) is 6.81. The zero-order valence-electron chi connectivity index (χ0n) is 10.1. The van der Waals surface area contributed by atoms with Crippen molar-refractivity contribution in [2.24, 2.45) is 0 Å². The van der Waals surface area contributed by atoms with Crippen LogP contribution in [0.1, 0.15) is 32.1 Å². The molecule has 86 valence electrons. The van der Waals surface area contributed by atoms with Crippen LogP contribution in [-0.4, -0.2) is 49.6 Å². The molecule has 0 N–H and O–H groups in total. The largest absolute Gasteiger partial charge is 0.305 e. The number of hydrogen-bond donors (Lipinski definition) is 0. The van der Waals surface area contributed by atoms with Crippen molar-refractivity contribution in [3.63, 3.8) is 0 Å². The van der Waals surface area contributed by atoms with Crippen LogP contribution in [0.4, 0.5) is 0 Å². The lowest BCUT2D eigenvalue weighted by molar-refractivity contribution is 0.132. The molecule has 0 saturated carbocycles. The van der Waals surface area contributed by atoms with E-state index in [2.05, 4.69) is 30.0 Å². The molecule has 1 aliphatic rings. The topological polar surface area (TPSA) is 30.3 Å². The van der Waals surface area contributed by atoms with Crippen molar-refractivity contribution in [1.29, 1.82) is 5.26 Å². The van der Waals surface area contributed by atoms with Crippen molar-refractivity contribution in [1.82, 2.24) is 9.80 Å². The molecule has 0 aromatic rings. The number of hydrogen-bond acceptors (Lipinski definition) is 3. The maximum atomic E-state index is 8.45. The van der Waals surface area contributed by atoms with Gasteiger partial charge in [0.1, 0.15) is 0 Å². The quantitative estimate of drug-likeness (QED) is 0.646. The summed E-state index contributed by atoms with van der Waals surface area (Å²) in [5.41, 5.74) is 0. The van der Waals surface area contributed by atoms with Crippen LogP contribution in [0.25, 0.3) is 0 Å². The third kappa shape index (κ3) is 4.63. The monoisotopic (exact) mass is 209 g/mol. The molecule has 3 nitrogen and oxygen atoms in total. The number of nitriles is 1. The van der Waals surface area contributed by atoms with Crippen molar-refractivity contribution in [3.05, 3.63) is 0 Å². The molecule has 0 aliphatic carbocycles. The highest BCUT2D eigenvalue weighted by molar-refractivity contribution is 4.78. The molecular formula is C12H23N3. The maximum absolute atomic E-state index is 8.45.